The Morgan fingerprint density at radius 1 is 0.913 bits per heavy atom. The molecule has 0 aromatic rings. The lowest BCUT2D eigenvalue weighted by Gasteiger charge is -2.36. The molecule has 0 saturated carbocycles. The van der Waals surface area contributed by atoms with Gasteiger partial charge in [0.1, 0.15) is 0 Å². The maximum absolute atomic E-state index is 10.00. The number of carbonyl (C=O) groups excluding carboxylic acids is 1. The second-order valence-corrected chi connectivity index (χ2v) is 5.88. The molecule has 0 unspecified atom stereocenters. The number of hydrogen-bond donors (Lipinski definition) is 1. The Morgan fingerprint density at radius 2 is 1.48 bits per heavy atom. The number of amides is 1. The fourth-order valence-electron chi connectivity index (χ4n) is 2.43. The zero-order valence-corrected chi connectivity index (χ0v) is 14.7. The van der Waals surface area contributed by atoms with Crippen LogP contribution in [0.2, 0.25) is 0 Å². The lowest BCUT2D eigenvalue weighted by molar-refractivity contribution is -0.109. The number of nitrogens with zero attached hydrogens (tertiary/aromatic N) is 2. The summed E-state index contributed by atoms with van der Waals surface area (Å²) < 4.78 is 16.3. The maximum atomic E-state index is 10.00. The van der Waals surface area contributed by atoms with Crippen molar-refractivity contribution in [3.05, 3.63) is 0 Å². The Hall–Kier alpha value is -0.730. The second kappa shape index (κ2) is 13.7. The van der Waals surface area contributed by atoms with Crippen molar-refractivity contribution in [2.45, 2.75) is 19.9 Å². The quantitative estimate of drug-likeness (QED) is 0.352. The van der Waals surface area contributed by atoms with E-state index < -0.39 is 0 Å². The van der Waals surface area contributed by atoms with E-state index >= 15 is 0 Å². The van der Waals surface area contributed by atoms with E-state index in [1.54, 1.807) is 0 Å². The van der Waals surface area contributed by atoms with Crippen molar-refractivity contribution in [2.24, 2.45) is 0 Å². The van der Waals surface area contributed by atoms with Gasteiger partial charge in [-0.25, -0.2) is 0 Å². The minimum atomic E-state index is 0.517. The maximum Gasteiger partial charge on any atom is 0.207 e. The van der Waals surface area contributed by atoms with Crippen LogP contribution in [0.3, 0.4) is 0 Å². The largest absolute Gasteiger partial charge is 0.378 e. The standard InChI is InChI=1S/C16H33N3O4/c1-16(2)19-6-4-18(5-7-19)8-10-22-12-14-23-13-11-21-9-3-17-15-20/h15-16H,3-14H2,1-2H3,(H,17,20). The average Bonchev–Trinajstić information content (AvgIpc) is 2.56. The first kappa shape index (κ1) is 20.3. The highest BCUT2D eigenvalue weighted by Gasteiger charge is 2.17. The summed E-state index contributed by atoms with van der Waals surface area (Å²) in [6.45, 7) is 14.2. The van der Waals surface area contributed by atoms with Gasteiger partial charge in [0.05, 0.1) is 39.6 Å². The van der Waals surface area contributed by atoms with Gasteiger partial charge in [-0.1, -0.05) is 0 Å². The van der Waals surface area contributed by atoms with E-state index in [9.17, 15) is 4.79 Å². The Morgan fingerprint density at radius 3 is 2.04 bits per heavy atom. The van der Waals surface area contributed by atoms with Gasteiger partial charge in [-0.05, 0) is 13.8 Å². The van der Waals surface area contributed by atoms with Gasteiger partial charge in [0.15, 0.2) is 0 Å². The molecule has 1 N–H and O–H groups in total. The topological polar surface area (TPSA) is 63.3 Å². The highest BCUT2D eigenvalue weighted by molar-refractivity contribution is 5.45. The van der Waals surface area contributed by atoms with Gasteiger partial charge in [0.25, 0.3) is 0 Å². The number of hydrogen-bond acceptors (Lipinski definition) is 6. The fraction of sp³-hybridized carbons (Fsp3) is 0.938. The molecule has 0 aromatic heterocycles. The minimum absolute atomic E-state index is 0.517. The van der Waals surface area contributed by atoms with Crippen LogP contribution in [-0.4, -0.2) is 101 Å². The molecule has 136 valence electrons. The SMILES string of the molecule is CC(C)N1CCN(CCOCCOCCOCCNC=O)CC1. The van der Waals surface area contributed by atoms with Crippen molar-refractivity contribution in [3.8, 4) is 0 Å². The lowest BCUT2D eigenvalue weighted by Crippen LogP contribution is -2.49. The molecule has 0 bridgehead atoms. The van der Waals surface area contributed by atoms with Crippen molar-refractivity contribution >= 4 is 6.41 Å². The van der Waals surface area contributed by atoms with Gasteiger partial charge in [0, 0.05) is 45.3 Å². The molecule has 0 radical (unpaired) electrons. The molecule has 1 aliphatic heterocycles. The van der Waals surface area contributed by atoms with Crippen molar-refractivity contribution in [3.63, 3.8) is 0 Å². The molecule has 0 aromatic carbocycles. The first-order chi connectivity index (χ1) is 11.2. The summed E-state index contributed by atoms with van der Waals surface area (Å²) in [7, 11) is 0. The first-order valence-electron chi connectivity index (χ1n) is 8.60. The zero-order valence-electron chi connectivity index (χ0n) is 14.7. The fourth-order valence-corrected chi connectivity index (χ4v) is 2.43. The summed E-state index contributed by atoms with van der Waals surface area (Å²) in [4.78, 5) is 15.0. The molecular weight excluding hydrogens is 298 g/mol. The monoisotopic (exact) mass is 331 g/mol. The third-order valence-corrected chi connectivity index (χ3v) is 3.91. The summed E-state index contributed by atoms with van der Waals surface area (Å²) in [5, 5.41) is 2.54. The van der Waals surface area contributed by atoms with Gasteiger partial charge >= 0.3 is 0 Å². The molecule has 7 nitrogen and oxygen atoms in total. The molecule has 1 saturated heterocycles. The van der Waals surface area contributed by atoms with Crippen LogP contribution in [0.5, 0.6) is 0 Å². The van der Waals surface area contributed by atoms with Gasteiger partial charge in [0.2, 0.25) is 6.41 Å². The van der Waals surface area contributed by atoms with Crippen LogP contribution in [0.1, 0.15) is 13.8 Å². The summed E-state index contributed by atoms with van der Waals surface area (Å²) in [5.41, 5.74) is 0. The molecular formula is C16H33N3O4. The van der Waals surface area contributed by atoms with E-state index in [1.807, 2.05) is 0 Å². The summed E-state index contributed by atoms with van der Waals surface area (Å²) in [5.74, 6) is 0. The Balaban J connectivity index is 1.79. The first-order valence-corrected chi connectivity index (χ1v) is 8.60. The third kappa shape index (κ3) is 10.6. The molecule has 1 fully saturated rings. The summed E-state index contributed by atoms with van der Waals surface area (Å²) in [6.07, 6.45) is 0.668. The summed E-state index contributed by atoms with van der Waals surface area (Å²) in [6, 6.07) is 0.649. The van der Waals surface area contributed by atoms with E-state index in [4.69, 9.17) is 14.2 Å². The zero-order chi connectivity index (χ0) is 16.8. The second-order valence-electron chi connectivity index (χ2n) is 5.88. The van der Waals surface area contributed by atoms with Crippen LogP contribution >= 0.6 is 0 Å². The molecule has 0 spiro atoms. The van der Waals surface area contributed by atoms with Crippen molar-refractivity contribution < 1.29 is 19.0 Å². The van der Waals surface area contributed by atoms with E-state index in [0.717, 1.165) is 39.3 Å². The normalized spacial score (nSPS) is 16.8. The van der Waals surface area contributed by atoms with E-state index in [2.05, 4.69) is 29.0 Å². The average molecular weight is 331 g/mol. The van der Waals surface area contributed by atoms with Gasteiger partial charge in [-0.3, -0.25) is 14.6 Å². The number of carbonyl (C=O) groups is 1. The van der Waals surface area contributed by atoms with Crippen molar-refractivity contribution in [1.82, 2.24) is 15.1 Å². The smallest absolute Gasteiger partial charge is 0.207 e. The Kier molecular flexibility index (Phi) is 12.1. The predicted octanol–water partition coefficient (Wildman–Crippen LogP) is -0.192. The molecule has 1 rings (SSSR count). The van der Waals surface area contributed by atoms with E-state index in [1.165, 1.54) is 0 Å². The van der Waals surface area contributed by atoms with Crippen LogP contribution < -0.4 is 5.32 Å². The molecule has 0 atom stereocenters. The highest BCUT2D eigenvalue weighted by atomic mass is 16.5. The minimum Gasteiger partial charge on any atom is -0.378 e. The van der Waals surface area contributed by atoms with Crippen molar-refractivity contribution in [1.29, 1.82) is 0 Å². The van der Waals surface area contributed by atoms with Gasteiger partial charge in [-0.15, -0.1) is 0 Å². The molecule has 23 heavy (non-hydrogen) atoms. The van der Waals surface area contributed by atoms with Crippen LogP contribution in [-0.2, 0) is 19.0 Å². The summed E-state index contributed by atoms with van der Waals surface area (Å²) >= 11 is 0. The number of nitrogens with one attached hydrogen (secondary N) is 1. The van der Waals surface area contributed by atoms with Crippen LogP contribution in [0, 0.1) is 0 Å². The molecule has 1 aliphatic rings. The third-order valence-electron chi connectivity index (χ3n) is 3.91. The number of rotatable bonds is 14. The molecule has 1 heterocycles. The number of piperazine rings is 1. The number of ether oxygens (including phenoxy) is 3. The van der Waals surface area contributed by atoms with E-state index in [-0.39, 0.29) is 0 Å². The Bertz CT molecular complexity index is 284. The molecule has 1 amide bonds. The lowest BCUT2D eigenvalue weighted by atomic mass is 10.2. The van der Waals surface area contributed by atoms with Crippen LogP contribution in [0.4, 0.5) is 0 Å². The molecule has 7 heteroatoms. The van der Waals surface area contributed by atoms with Crippen LogP contribution in [0.15, 0.2) is 0 Å². The van der Waals surface area contributed by atoms with Crippen molar-refractivity contribution in [2.75, 3.05) is 78.9 Å². The van der Waals surface area contributed by atoms with Gasteiger partial charge < -0.3 is 19.5 Å². The highest BCUT2D eigenvalue weighted by Crippen LogP contribution is 2.05. The van der Waals surface area contributed by atoms with Gasteiger partial charge in [-0.2, -0.15) is 0 Å². The van der Waals surface area contributed by atoms with E-state index in [0.29, 0.717) is 52.0 Å². The Labute approximate surface area is 140 Å². The molecule has 0 aliphatic carbocycles. The van der Waals surface area contributed by atoms with Crippen LogP contribution in [0.25, 0.3) is 0 Å². The predicted molar refractivity (Wildman–Crippen MR) is 89.7 cm³/mol.